The summed E-state index contributed by atoms with van der Waals surface area (Å²) in [6, 6.07) is 12.1. The van der Waals surface area contributed by atoms with Gasteiger partial charge in [-0.2, -0.15) is 0 Å². The number of hydrogen-bond acceptors (Lipinski definition) is 6. The first-order chi connectivity index (χ1) is 17.2. The molecule has 3 aromatic rings. The Bertz CT molecular complexity index is 1300. The fourth-order valence-corrected chi connectivity index (χ4v) is 4.96. The van der Waals surface area contributed by atoms with E-state index in [0.717, 1.165) is 18.5 Å². The summed E-state index contributed by atoms with van der Waals surface area (Å²) in [7, 11) is 2.15. The Morgan fingerprint density at radius 1 is 1.25 bits per heavy atom. The fraction of sp³-hybridized carbons (Fsp3) is 0.385. The molecule has 0 aliphatic rings. The zero-order valence-electron chi connectivity index (χ0n) is 20.7. The Labute approximate surface area is 212 Å². The summed E-state index contributed by atoms with van der Waals surface area (Å²) in [6.07, 6.45) is 4.00. The van der Waals surface area contributed by atoms with Gasteiger partial charge in [0.1, 0.15) is 11.1 Å². The van der Waals surface area contributed by atoms with Crippen molar-refractivity contribution < 1.29 is 23.3 Å². The second kappa shape index (κ2) is 12.9. The molecule has 1 heterocycles. The van der Waals surface area contributed by atoms with Gasteiger partial charge in [0.2, 0.25) is 0 Å². The van der Waals surface area contributed by atoms with Crippen molar-refractivity contribution in [3.8, 4) is 11.1 Å². The maximum absolute atomic E-state index is 15.0. The predicted molar refractivity (Wildman–Crippen MR) is 139 cm³/mol. The van der Waals surface area contributed by atoms with E-state index in [4.69, 9.17) is 9.94 Å². The SMILES string of the molecule is COCCCN(C)Cc1ccc(-c2ccc3c(=O)n(CCC(C(=O)NO)S(C)=O)ccc3c2)c(F)c1. The number of rotatable bonds is 12. The molecule has 8 nitrogen and oxygen atoms in total. The minimum absolute atomic E-state index is 0.123. The first-order valence-corrected chi connectivity index (χ1v) is 13.2. The van der Waals surface area contributed by atoms with Crippen LogP contribution >= 0.6 is 0 Å². The van der Waals surface area contributed by atoms with E-state index in [0.29, 0.717) is 35.1 Å². The maximum atomic E-state index is 15.0. The summed E-state index contributed by atoms with van der Waals surface area (Å²) < 4.78 is 33.3. The number of hydrogen-bond donors (Lipinski definition) is 2. The summed E-state index contributed by atoms with van der Waals surface area (Å²) in [5, 5.41) is 9.03. The molecule has 2 N–H and O–H groups in total. The van der Waals surface area contributed by atoms with E-state index in [1.165, 1.54) is 16.3 Å². The van der Waals surface area contributed by atoms with Crippen LogP contribution in [0.2, 0.25) is 0 Å². The highest BCUT2D eigenvalue weighted by atomic mass is 32.2. The number of halogens is 1. The first-order valence-electron chi connectivity index (χ1n) is 11.6. The molecule has 0 aliphatic heterocycles. The molecule has 0 aliphatic carbocycles. The molecule has 0 spiro atoms. The van der Waals surface area contributed by atoms with Gasteiger partial charge in [0.25, 0.3) is 11.5 Å². The minimum Gasteiger partial charge on any atom is -0.385 e. The molecular weight excluding hydrogens is 485 g/mol. The number of benzene rings is 2. The second-order valence-electron chi connectivity index (χ2n) is 8.77. The normalized spacial score (nSPS) is 13.2. The molecule has 0 saturated carbocycles. The number of pyridine rings is 1. The number of ether oxygens (including phenoxy) is 1. The van der Waals surface area contributed by atoms with Gasteiger partial charge in [-0.25, -0.2) is 9.87 Å². The van der Waals surface area contributed by atoms with Gasteiger partial charge in [0.05, 0.1) is 0 Å². The lowest BCUT2D eigenvalue weighted by Gasteiger charge is -2.17. The van der Waals surface area contributed by atoms with E-state index in [9.17, 15) is 18.2 Å². The molecule has 1 amide bonds. The van der Waals surface area contributed by atoms with Crippen molar-refractivity contribution in [3.05, 3.63) is 70.4 Å². The average Bonchev–Trinajstić information content (AvgIpc) is 2.85. The van der Waals surface area contributed by atoms with Crippen molar-refractivity contribution in [1.29, 1.82) is 0 Å². The van der Waals surface area contributed by atoms with Gasteiger partial charge in [0, 0.05) is 67.6 Å². The minimum atomic E-state index is -1.51. The summed E-state index contributed by atoms with van der Waals surface area (Å²) in [6.45, 7) is 2.32. The van der Waals surface area contributed by atoms with E-state index < -0.39 is 22.0 Å². The van der Waals surface area contributed by atoms with Gasteiger partial charge in [-0.1, -0.05) is 18.2 Å². The molecule has 0 radical (unpaired) electrons. The summed E-state index contributed by atoms with van der Waals surface area (Å²) in [5.74, 6) is -1.08. The number of carbonyl (C=O) groups is 1. The van der Waals surface area contributed by atoms with Gasteiger partial charge < -0.3 is 14.2 Å². The van der Waals surface area contributed by atoms with Crippen LogP contribution in [0.15, 0.2) is 53.5 Å². The van der Waals surface area contributed by atoms with Crippen LogP contribution in [0.25, 0.3) is 21.9 Å². The number of hydroxylamine groups is 1. The second-order valence-corrected chi connectivity index (χ2v) is 10.3. The molecule has 1 aromatic heterocycles. The molecule has 36 heavy (non-hydrogen) atoms. The maximum Gasteiger partial charge on any atom is 0.259 e. The van der Waals surface area contributed by atoms with E-state index >= 15 is 0 Å². The first kappa shape index (κ1) is 27.7. The van der Waals surface area contributed by atoms with Crippen LogP contribution in [-0.4, -0.2) is 63.6 Å². The van der Waals surface area contributed by atoms with Crippen molar-refractivity contribution in [2.45, 2.75) is 31.2 Å². The molecule has 194 valence electrons. The van der Waals surface area contributed by atoms with Crippen molar-refractivity contribution >= 4 is 27.5 Å². The number of fused-ring (bicyclic) bond motifs is 1. The van der Waals surface area contributed by atoms with Gasteiger partial charge in [-0.3, -0.25) is 19.0 Å². The van der Waals surface area contributed by atoms with Gasteiger partial charge >= 0.3 is 0 Å². The molecule has 0 fully saturated rings. The highest BCUT2D eigenvalue weighted by molar-refractivity contribution is 7.85. The van der Waals surface area contributed by atoms with Crippen LogP contribution < -0.4 is 11.0 Å². The van der Waals surface area contributed by atoms with Gasteiger partial charge in [-0.15, -0.1) is 0 Å². The van der Waals surface area contributed by atoms with E-state index in [2.05, 4.69) is 4.90 Å². The topological polar surface area (TPSA) is 101 Å². The molecular formula is C26H32FN3O5S. The summed E-state index contributed by atoms with van der Waals surface area (Å²) in [4.78, 5) is 26.8. The zero-order chi connectivity index (χ0) is 26.2. The molecule has 0 saturated heterocycles. The standard InChI is InChI=1S/C26H32FN3O5S/c1-29(11-4-14-35-2)17-18-5-7-21(23(27)15-18)19-6-8-22-20(16-19)9-12-30(26(22)32)13-10-24(36(3)34)25(31)28-33/h5-9,12,15-16,24,33H,4,10-11,13-14,17H2,1-3H3,(H,28,31). The number of aryl methyl sites for hydroxylation is 1. The lowest BCUT2D eigenvalue weighted by Crippen LogP contribution is -2.36. The number of carbonyl (C=O) groups excluding carboxylic acids is 1. The predicted octanol–water partition coefficient (Wildman–Crippen LogP) is 2.92. The number of methoxy groups -OCH3 is 1. The number of amides is 1. The third-order valence-electron chi connectivity index (χ3n) is 6.10. The Kier molecular flexibility index (Phi) is 9.89. The van der Waals surface area contributed by atoms with Crippen molar-refractivity contribution in [1.82, 2.24) is 14.9 Å². The van der Waals surface area contributed by atoms with Crippen LogP contribution in [0, 0.1) is 5.82 Å². The molecule has 2 atom stereocenters. The van der Waals surface area contributed by atoms with Crippen molar-refractivity contribution in [2.24, 2.45) is 0 Å². The summed E-state index contributed by atoms with van der Waals surface area (Å²) in [5.41, 5.74) is 3.25. The van der Waals surface area contributed by atoms with E-state index in [-0.39, 0.29) is 24.3 Å². The zero-order valence-corrected chi connectivity index (χ0v) is 21.5. The lowest BCUT2D eigenvalue weighted by atomic mass is 10.00. The Morgan fingerprint density at radius 2 is 2.03 bits per heavy atom. The Balaban J connectivity index is 1.78. The average molecular weight is 518 g/mol. The van der Waals surface area contributed by atoms with Crippen LogP contribution in [0.4, 0.5) is 4.39 Å². The summed E-state index contributed by atoms with van der Waals surface area (Å²) >= 11 is 0. The van der Waals surface area contributed by atoms with Crippen LogP contribution in [0.5, 0.6) is 0 Å². The van der Waals surface area contributed by atoms with E-state index in [1.54, 1.807) is 49.7 Å². The van der Waals surface area contributed by atoms with Crippen LogP contribution in [0.3, 0.4) is 0 Å². The quantitative estimate of drug-likeness (QED) is 0.218. The highest BCUT2D eigenvalue weighted by Gasteiger charge is 2.22. The van der Waals surface area contributed by atoms with Crippen molar-refractivity contribution in [3.63, 3.8) is 0 Å². The highest BCUT2D eigenvalue weighted by Crippen LogP contribution is 2.27. The molecule has 10 heteroatoms. The van der Waals surface area contributed by atoms with Gasteiger partial charge in [-0.05, 0) is 60.7 Å². The number of nitrogens with zero attached hydrogens (tertiary/aromatic N) is 2. The number of nitrogens with one attached hydrogen (secondary N) is 1. The monoisotopic (exact) mass is 517 g/mol. The van der Waals surface area contributed by atoms with Gasteiger partial charge in [0.15, 0.2) is 0 Å². The smallest absolute Gasteiger partial charge is 0.259 e. The largest absolute Gasteiger partial charge is 0.385 e. The molecule has 2 aromatic carbocycles. The number of aromatic nitrogens is 1. The van der Waals surface area contributed by atoms with E-state index in [1.807, 2.05) is 13.1 Å². The molecule has 0 bridgehead atoms. The Hall–Kier alpha value is -2.92. The van der Waals surface area contributed by atoms with Crippen molar-refractivity contribution in [2.75, 3.05) is 33.6 Å². The van der Waals surface area contributed by atoms with Crippen LogP contribution in [0.1, 0.15) is 18.4 Å². The van der Waals surface area contributed by atoms with Crippen LogP contribution in [-0.2, 0) is 33.4 Å². The molecule has 3 rings (SSSR count). The Morgan fingerprint density at radius 3 is 2.69 bits per heavy atom. The third-order valence-corrected chi connectivity index (χ3v) is 7.35. The molecule has 2 unspecified atom stereocenters. The third kappa shape index (κ3) is 6.85. The lowest BCUT2D eigenvalue weighted by molar-refractivity contribution is -0.128. The fourth-order valence-electron chi connectivity index (χ4n) is 4.17.